The van der Waals surface area contributed by atoms with Gasteiger partial charge in [-0.15, -0.1) is 0 Å². The minimum atomic E-state index is -0.878. The maximum absolute atomic E-state index is 12.3. The zero-order valence-electron chi connectivity index (χ0n) is 14.0. The molecule has 3 rings (SSSR count). The first-order valence-corrected chi connectivity index (χ1v) is 9.00. The number of hydrogen-bond acceptors (Lipinski definition) is 3. The van der Waals surface area contributed by atoms with Gasteiger partial charge < -0.3 is 9.84 Å². The summed E-state index contributed by atoms with van der Waals surface area (Å²) in [5.74, 6) is -0.0237. The molecule has 0 saturated carbocycles. The second-order valence-electron chi connectivity index (χ2n) is 6.24. The van der Waals surface area contributed by atoms with Crippen molar-refractivity contribution >= 4 is 38.5 Å². The maximum Gasteiger partial charge on any atom is 0.307 e. The van der Waals surface area contributed by atoms with Crippen LogP contribution < -0.4 is 4.74 Å². The van der Waals surface area contributed by atoms with Crippen LogP contribution in [0.3, 0.4) is 0 Å². The standard InChI is InChI=1S/C20H19BrO4/c1-25-18-8-6-14-9-12(5-7-15(14)20(18)21)10-16-13(11-19(23)24)3-2-4-17(16)22/h5-9H,2-4,10-11H2,1H3,(H,23,24). The van der Waals surface area contributed by atoms with Gasteiger partial charge in [-0.3, -0.25) is 9.59 Å². The second-order valence-corrected chi connectivity index (χ2v) is 7.04. The van der Waals surface area contributed by atoms with Crippen molar-refractivity contribution in [1.29, 1.82) is 0 Å². The minimum Gasteiger partial charge on any atom is -0.496 e. The Bertz CT molecular complexity index is 883. The SMILES string of the molecule is COc1ccc2cc(CC3=C(CC(=O)O)CCCC3=O)ccc2c1Br. The summed E-state index contributed by atoms with van der Waals surface area (Å²) in [6.07, 6.45) is 2.40. The third-order valence-electron chi connectivity index (χ3n) is 4.59. The van der Waals surface area contributed by atoms with E-state index in [1.54, 1.807) is 7.11 Å². The number of methoxy groups -OCH3 is 1. The van der Waals surface area contributed by atoms with E-state index in [1.165, 1.54) is 0 Å². The lowest BCUT2D eigenvalue weighted by molar-refractivity contribution is -0.136. The molecule has 0 amide bonds. The van der Waals surface area contributed by atoms with Gasteiger partial charge in [0.15, 0.2) is 5.78 Å². The summed E-state index contributed by atoms with van der Waals surface area (Å²) < 4.78 is 6.22. The number of allylic oxidation sites excluding steroid dienone is 1. The predicted molar refractivity (Wildman–Crippen MR) is 100 cm³/mol. The fraction of sp³-hybridized carbons (Fsp3) is 0.300. The summed E-state index contributed by atoms with van der Waals surface area (Å²) in [6, 6.07) is 9.92. The van der Waals surface area contributed by atoms with Gasteiger partial charge in [0.2, 0.25) is 0 Å². The van der Waals surface area contributed by atoms with Gasteiger partial charge in [0, 0.05) is 12.8 Å². The van der Waals surface area contributed by atoms with Crippen molar-refractivity contribution in [3.63, 3.8) is 0 Å². The Balaban J connectivity index is 1.97. The monoisotopic (exact) mass is 402 g/mol. The van der Waals surface area contributed by atoms with Crippen LogP contribution in [0.1, 0.15) is 31.2 Å². The lowest BCUT2D eigenvalue weighted by Gasteiger charge is -2.19. The highest BCUT2D eigenvalue weighted by Crippen LogP contribution is 2.34. The molecule has 5 heteroatoms. The molecule has 1 aliphatic rings. The fourth-order valence-corrected chi connectivity index (χ4v) is 4.01. The number of carbonyl (C=O) groups excluding carboxylic acids is 1. The topological polar surface area (TPSA) is 63.6 Å². The molecule has 0 bridgehead atoms. The molecule has 25 heavy (non-hydrogen) atoms. The molecule has 1 aliphatic carbocycles. The van der Waals surface area contributed by atoms with Crippen LogP contribution in [-0.4, -0.2) is 24.0 Å². The lowest BCUT2D eigenvalue weighted by Crippen LogP contribution is -2.15. The van der Waals surface area contributed by atoms with Gasteiger partial charge in [0.1, 0.15) is 5.75 Å². The average Bonchev–Trinajstić information content (AvgIpc) is 2.58. The number of fused-ring (bicyclic) bond motifs is 1. The Labute approximate surface area is 154 Å². The van der Waals surface area contributed by atoms with Crippen LogP contribution in [0.15, 0.2) is 46.0 Å². The molecule has 1 N–H and O–H groups in total. The summed E-state index contributed by atoms with van der Waals surface area (Å²) in [7, 11) is 1.63. The van der Waals surface area contributed by atoms with Crippen molar-refractivity contribution in [2.45, 2.75) is 32.1 Å². The second kappa shape index (κ2) is 7.40. The number of ether oxygens (including phenoxy) is 1. The van der Waals surface area contributed by atoms with Gasteiger partial charge in [-0.25, -0.2) is 0 Å². The normalized spacial score (nSPS) is 14.9. The van der Waals surface area contributed by atoms with Crippen LogP contribution in [0.5, 0.6) is 5.75 Å². The number of aliphatic carboxylic acids is 1. The number of benzene rings is 2. The van der Waals surface area contributed by atoms with Crippen LogP contribution in [0.2, 0.25) is 0 Å². The Morgan fingerprint density at radius 1 is 1.24 bits per heavy atom. The van der Waals surface area contributed by atoms with Crippen molar-refractivity contribution in [1.82, 2.24) is 0 Å². The number of Topliss-reactive ketones (excluding diaryl/α,β-unsaturated/α-hetero) is 1. The number of rotatable bonds is 5. The van der Waals surface area contributed by atoms with Crippen molar-refractivity contribution in [3.05, 3.63) is 51.5 Å². The summed E-state index contributed by atoms with van der Waals surface area (Å²) in [4.78, 5) is 23.4. The lowest BCUT2D eigenvalue weighted by atomic mass is 9.85. The van der Waals surface area contributed by atoms with Crippen LogP contribution in [-0.2, 0) is 16.0 Å². The Morgan fingerprint density at radius 2 is 2.04 bits per heavy atom. The summed E-state index contributed by atoms with van der Waals surface area (Å²) in [5.41, 5.74) is 2.47. The molecule has 0 fully saturated rings. The Kier molecular flexibility index (Phi) is 5.23. The highest BCUT2D eigenvalue weighted by molar-refractivity contribution is 9.10. The highest BCUT2D eigenvalue weighted by Gasteiger charge is 2.22. The Hall–Kier alpha value is -2.14. The van der Waals surface area contributed by atoms with Gasteiger partial charge in [0.25, 0.3) is 0 Å². The molecule has 0 heterocycles. The first-order chi connectivity index (χ1) is 12.0. The van der Waals surface area contributed by atoms with E-state index in [0.717, 1.165) is 38.6 Å². The van der Waals surface area contributed by atoms with E-state index in [9.17, 15) is 9.59 Å². The smallest absolute Gasteiger partial charge is 0.307 e. The molecule has 0 unspecified atom stereocenters. The molecule has 0 aliphatic heterocycles. The van der Waals surface area contributed by atoms with E-state index in [-0.39, 0.29) is 12.2 Å². The Morgan fingerprint density at radius 3 is 2.76 bits per heavy atom. The van der Waals surface area contributed by atoms with Crippen LogP contribution in [0, 0.1) is 0 Å². The third-order valence-corrected chi connectivity index (χ3v) is 5.41. The molecule has 4 nitrogen and oxygen atoms in total. The molecular weight excluding hydrogens is 384 g/mol. The van der Waals surface area contributed by atoms with E-state index in [4.69, 9.17) is 9.84 Å². The zero-order chi connectivity index (χ0) is 18.0. The van der Waals surface area contributed by atoms with E-state index in [1.807, 2.05) is 30.3 Å². The summed E-state index contributed by atoms with van der Waals surface area (Å²) >= 11 is 3.56. The highest BCUT2D eigenvalue weighted by atomic mass is 79.9. The molecular formula is C20H19BrO4. The predicted octanol–water partition coefficient (Wildman–Crippen LogP) is 4.68. The summed E-state index contributed by atoms with van der Waals surface area (Å²) in [5, 5.41) is 11.2. The molecule has 0 aromatic heterocycles. The van der Waals surface area contributed by atoms with E-state index < -0.39 is 5.97 Å². The minimum absolute atomic E-state index is 0.0442. The number of hydrogen-bond donors (Lipinski definition) is 1. The van der Waals surface area contributed by atoms with Gasteiger partial charge in [-0.2, -0.15) is 0 Å². The van der Waals surface area contributed by atoms with Gasteiger partial charge in [-0.05, 0) is 56.7 Å². The molecule has 2 aromatic rings. The molecule has 0 radical (unpaired) electrons. The van der Waals surface area contributed by atoms with Crippen LogP contribution >= 0.6 is 15.9 Å². The molecule has 0 saturated heterocycles. The first-order valence-electron chi connectivity index (χ1n) is 8.20. The van der Waals surface area contributed by atoms with Crippen molar-refractivity contribution in [3.8, 4) is 5.75 Å². The van der Waals surface area contributed by atoms with Crippen molar-refractivity contribution < 1.29 is 19.4 Å². The van der Waals surface area contributed by atoms with Gasteiger partial charge in [0.05, 0.1) is 18.0 Å². The zero-order valence-corrected chi connectivity index (χ0v) is 15.6. The number of ketones is 1. The molecule has 0 spiro atoms. The molecule has 2 aromatic carbocycles. The van der Waals surface area contributed by atoms with Gasteiger partial charge >= 0.3 is 5.97 Å². The molecule has 0 atom stereocenters. The number of carbonyl (C=O) groups is 2. The summed E-state index contributed by atoms with van der Waals surface area (Å²) in [6.45, 7) is 0. The third kappa shape index (κ3) is 3.76. The largest absolute Gasteiger partial charge is 0.496 e. The van der Waals surface area contributed by atoms with Crippen LogP contribution in [0.4, 0.5) is 0 Å². The average molecular weight is 403 g/mol. The quantitative estimate of drug-likeness (QED) is 0.788. The van der Waals surface area contributed by atoms with E-state index in [0.29, 0.717) is 24.8 Å². The van der Waals surface area contributed by atoms with Gasteiger partial charge in [-0.1, -0.05) is 29.8 Å². The van der Waals surface area contributed by atoms with E-state index in [2.05, 4.69) is 15.9 Å². The number of carboxylic acids is 1. The maximum atomic E-state index is 12.3. The van der Waals surface area contributed by atoms with Crippen molar-refractivity contribution in [2.75, 3.05) is 7.11 Å². The number of carboxylic acid groups (broad SMARTS) is 1. The number of halogens is 1. The first kappa shape index (κ1) is 17.7. The fourth-order valence-electron chi connectivity index (χ4n) is 3.36. The van der Waals surface area contributed by atoms with Crippen molar-refractivity contribution in [2.24, 2.45) is 0 Å². The molecule has 130 valence electrons. The van der Waals surface area contributed by atoms with E-state index >= 15 is 0 Å². The van der Waals surface area contributed by atoms with Crippen LogP contribution in [0.25, 0.3) is 10.8 Å².